The van der Waals surface area contributed by atoms with Gasteiger partial charge in [0, 0.05) is 31.1 Å². The van der Waals surface area contributed by atoms with Crippen molar-refractivity contribution < 1.29 is 14.4 Å². The molecule has 1 N–H and O–H groups in total. The van der Waals surface area contributed by atoms with Gasteiger partial charge in [0.15, 0.2) is 5.58 Å². The summed E-state index contributed by atoms with van der Waals surface area (Å²) in [7, 11) is 0. The number of fused-ring (bicyclic) bond motifs is 2. The van der Waals surface area contributed by atoms with Gasteiger partial charge >= 0.3 is 0 Å². The average molecular weight is 331 g/mol. The van der Waals surface area contributed by atoms with Crippen molar-refractivity contribution in [1.82, 2.24) is 9.88 Å². The third-order valence-corrected chi connectivity index (χ3v) is 5.50. The Labute approximate surface area is 139 Å². The van der Waals surface area contributed by atoms with Gasteiger partial charge in [-0.25, -0.2) is 4.98 Å². The van der Waals surface area contributed by atoms with Gasteiger partial charge in [0.2, 0.25) is 5.89 Å². The number of hydrogen-bond donors (Lipinski definition) is 1. The zero-order chi connectivity index (χ0) is 16.7. The molecule has 1 saturated heterocycles. The van der Waals surface area contributed by atoms with Crippen LogP contribution in [0.2, 0.25) is 0 Å². The van der Waals surface area contributed by atoms with Crippen LogP contribution in [0.4, 0.5) is 5.69 Å². The molecule has 24 heavy (non-hydrogen) atoms. The second kappa shape index (κ2) is 5.82. The number of nitro benzene ring substituents is 1. The molecule has 2 aliphatic rings. The van der Waals surface area contributed by atoms with E-state index in [9.17, 15) is 15.2 Å². The number of nitrogens with zero attached hydrogens (tertiary/aromatic N) is 3. The summed E-state index contributed by atoms with van der Waals surface area (Å²) in [5.74, 6) is 0.900. The molecule has 0 radical (unpaired) electrons. The highest BCUT2D eigenvalue weighted by Gasteiger charge is 2.42. The van der Waals surface area contributed by atoms with Crippen LogP contribution in [0.15, 0.2) is 22.6 Å². The van der Waals surface area contributed by atoms with E-state index in [0.29, 0.717) is 29.5 Å². The zero-order valence-electron chi connectivity index (χ0n) is 13.5. The Morgan fingerprint density at radius 3 is 3.12 bits per heavy atom. The number of likely N-dealkylation sites (tertiary alicyclic amines) is 1. The third kappa shape index (κ3) is 2.78. The Morgan fingerprint density at radius 2 is 2.29 bits per heavy atom. The molecule has 7 heteroatoms. The number of oxazole rings is 1. The molecule has 2 aromatic rings. The van der Waals surface area contributed by atoms with Crippen molar-refractivity contribution in [1.29, 1.82) is 0 Å². The highest BCUT2D eigenvalue weighted by molar-refractivity contribution is 5.75. The highest BCUT2D eigenvalue weighted by atomic mass is 16.6. The summed E-state index contributed by atoms with van der Waals surface area (Å²) >= 11 is 0. The Kier molecular flexibility index (Phi) is 3.77. The van der Waals surface area contributed by atoms with Crippen LogP contribution >= 0.6 is 0 Å². The molecule has 128 valence electrons. The van der Waals surface area contributed by atoms with E-state index >= 15 is 0 Å². The van der Waals surface area contributed by atoms with E-state index in [1.165, 1.54) is 18.6 Å². The smallest absolute Gasteiger partial charge is 0.271 e. The minimum absolute atomic E-state index is 0.0209. The second-order valence-electron chi connectivity index (χ2n) is 7.05. The molecule has 1 aromatic carbocycles. The molecule has 7 nitrogen and oxygen atoms in total. The lowest BCUT2D eigenvalue weighted by Crippen LogP contribution is -2.52. The first-order chi connectivity index (χ1) is 11.5. The van der Waals surface area contributed by atoms with Gasteiger partial charge in [-0.3, -0.25) is 15.0 Å². The molecule has 1 aliphatic carbocycles. The molecule has 2 heterocycles. The summed E-state index contributed by atoms with van der Waals surface area (Å²) < 4.78 is 5.73. The first-order valence-electron chi connectivity index (χ1n) is 8.52. The van der Waals surface area contributed by atoms with Crippen molar-refractivity contribution >= 4 is 16.8 Å². The Bertz CT molecular complexity index is 774. The minimum atomic E-state index is -0.489. The van der Waals surface area contributed by atoms with E-state index in [0.717, 1.165) is 38.8 Å². The summed E-state index contributed by atoms with van der Waals surface area (Å²) in [6.45, 7) is 2.26. The van der Waals surface area contributed by atoms with Gasteiger partial charge in [-0.1, -0.05) is 12.8 Å². The first kappa shape index (κ1) is 15.5. The molecular weight excluding hydrogens is 310 g/mol. The van der Waals surface area contributed by atoms with Gasteiger partial charge in [0.05, 0.1) is 17.1 Å². The van der Waals surface area contributed by atoms with Crippen LogP contribution in [0.25, 0.3) is 11.1 Å². The quantitative estimate of drug-likeness (QED) is 0.687. The molecule has 1 aromatic heterocycles. The predicted molar refractivity (Wildman–Crippen MR) is 87.5 cm³/mol. The fraction of sp³-hybridized carbons (Fsp3) is 0.588. The van der Waals surface area contributed by atoms with E-state index in [1.54, 1.807) is 6.07 Å². The van der Waals surface area contributed by atoms with Gasteiger partial charge in [0.1, 0.15) is 5.52 Å². The number of piperidine rings is 1. The van der Waals surface area contributed by atoms with Crippen molar-refractivity contribution in [3.05, 3.63) is 34.2 Å². The number of hydrogen-bond acceptors (Lipinski definition) is 6. The maximum atomic E-state index is 10.8. The van der Waals surface area contributed by atoms with Gasteiger partial charge in [-0.05, 0) is 25.3 Å². The Hall–Kier alpha value is -1.99. The number of nitro groups is 1. The number of aliphatic hydroxyl groups is 1. The van der Waals surface area contributed by atoms with Gasteiger partial charge < -0.3 is 9.52 Å². The SMILES string of the molecule is O=[N+]([O-])c1ccc2oc(CN3CC[C@@]4(O)CCCC[C@H]4C3)nc2c1. The summed E-state index contributed by atoms with van der Waals surface area (Å²) in [6.07, 6.45) is 5.10. The fourth-order valence-corrected chi connectivity index (χ4v) is 4.12. The number of benzene rings is 1. The van der Waals surface area contributed by atoms with E-state index < -0.39 is 10.5 Å². The molecule has 0 spiro atoms. The van der Waals surface area contributed by atoms with Gasteiger partial charge in [-0.2, -0.15) is 0 Å². The molecule has 2 fully saturated rings. The molecule has 4 rings (SSSR count). The van der Waals surface area contributed by atoms with Crippen LogP contribution in [0.5, 0.6) is 0 Å². The average Bonchev–Trinajstić information content (AvgIpc) is 2.96. The van der Waals surface area contributed by atoms with Crippen LogP contribution in [-0.2, 0) is 6.54 Å². The second-order valence-corrected chi connectivity index (χ2v) is 7.05. The molecule has 1 saturated carbocycles. The largest absolute Gasteiger partial charge is 0.439 e. The van der Waals surface area contributed by atoms with Crippen LogP contribution in [-0.4, -0.2) is 38.6 Å². The lowest BCUT2D eigenvalue weighted by atomic mass is 9.71. The van der Waals surface area contributed by atoms with Crippen molar-refractivity contribution in [3.8, 4) is 0 Å². The predicted octanol–water partition coefficient (Wildman–Crippen LogP) is 2.86. The molecule has 2 atom stereocenters. The normalized spacial score (nSPS) is 28.0. The summed E-state index contributed by atoms with van der Waals surface area (Å²) in [4.78, 5) is 17.1. The molecule has 0 amide bonds. The third-order valence-electron chi connectivity index (χ3n) is 5.50. The van der Waals surface area contributed by atoms with Crippen LogP contribution in [0.3, 0.4) is 0 Å². The van der Waals surface area contributed by atoms with Gasteiger partial charge in [0.25, 0.3) is 5.69 Å². The monoisotopic (exact) mass is 331 g/mol. The zero-order valence-corrected chi connectivity index (χ0v) is 13.5. The maximum Gasteiger partial charge on any atom is 0.271 e. The number of non-ortho nitro benzene ring substituents is 1. The van der Waals surface area contributed by atoms with E-state index in [-0.39, 0.29) is 5.69 Å². The van der Waals surface area contributed by atoms with Crippen LogP contribution < -0.4 is 0 Å². The Balaban J connectivity index is 1.49. The van der Waals surface area contributed by atoms with Crippen molar-refractivity contribution in [2.24, 2.45) is 5.92 Å². The van der Waals surface area contributed by atoms with Crippen molar-refractivity contribution in [2.45, 2.75) is 44.2 Å². The standard InChI is InChI=1S/C17H21N3O4/c21-17-6-2-1-3-12(17)10-19(8-7-17)11-16-18-14-9-13(20(22)23)4-5-15(14)24-16/h4-5,9,12,21H,1-3,6-8,10-11H2/t12-,17-/m0/s1. The number of aromatic nitrogens is 1. The van der Waals surface area contributed by atoms with Crippen LogP contribution in [0.1, 0.15) is 38.0 Å². The molecule has 1 aliphatic heterocycles. The van der Waals surface area contributed by atoms with Crippen LogP contribution in [0, 0.1) is 16.0 Å². The molecular formula is C17H21N3O4. The fourth-order valence-electron chi connectivity index (χ4n) is 4.12. The lowest BCUT2D eigenvalue weighted by Gasteiger charge is -2.47. The van der Waals surface area contributed by atoms with E-state index in [1.807, 2.05) is 0 Å². The lowest BCUT2D eigenvalue weighted by molar-refractivity contribution is -0.384. The number of rotatable bonds is 3. The van der Waals surface area contributed by atoms with E-state index in [2.05, 4.69) is 9.88 Å². The van der Waals surface area contributed by atoms with E-state index in [4.69, 9.17) is 4.42 Å². The topological polar surface area (TPSA) is 92.6 Å². The summed E-state index contributed by atoms with van der Waals surface area (Å²) in [5.41, 5.74) is 0.621. The summed E-state index contributed by atoms with van der Waals surface area (Å²) in [5, 5.41) is 21.6. The molecule has 0 unspecified atom stereocenters. The maximum absolute atomic E-state index is 10.8. The van der Waals surface area contributed by atoms with Gasteiger partial charge in [-0.15, -0.1) is 0 Å². The summed E-state index contributed by atoms with van der Waals surface area (Å²) in [6, 6.07) is 4.47. The van der Waals surface area contributed by atoms with Crippen molar-refractivity contribution in [2.75, 3.05) is 13.1 Å². The Morgan fingerprint density at radius 1 is 1.42 bits per heavy atom. The molecule has 0 bridgehead atoms. The minimum Gasteiger partial charge on any atom is -0.439 e. The highest BCUT2D eigenvalue weighted by Crippen LogP contribution is 2.40. The first-order valence-corrected chi connectivity index (χ1v) is 8.52. The van der Waals surface area contributed by atoms with Crippen molar-refractivity contribution in [3.63, 3.8) is 0 Å².